The molecule has 0 aliphatic heterocycles. The van der Waals surface area contributed by atoms with Crippen molar-refractivity contribution in [2.24, 2.45) is 0 Å². The van der Waals surface area contributed by atoms with Gasteiger partial charge in [-0.05, 0) is 88.9 Å². The fourth-order valence-electron chi connectivity index (χ4n) is 5.00. The van der Waals surface area contributed by atoms with Crippen LogP contribution in [0.15, 0.2) is 47.8 Å². The molecule has 3 aromatic rings. The van der Waals surface area contributed by atoms with Crippen molar-refractivity contribution in [2.75, 3.05) is 26.0 Å². The number of aromatic nitrogens is 3. The summed E-state index contributed by atoms with van der Waals surface area (Å²) in [5.41, 5.74) is 3.96. The largest absolute Gasteiger partial charge is 0.474 e. The van der Waals surface area contributed by atoms with E-state index in [2.05, 4.69) is 26.2 Å². The number of pyridine rings is 1. The Balaban J connectivity index is 1.38. The van der Waals surface area contributed by atoms with Gasteiger partial charge in [0.25, 0.3) is 10.0 Å². The molecule has 2 aliphatic rings. The number of benzene rings is 1. The van der Waals surface area contributed by atoms with Crippen LogP contribution >= 0.6 is 0 Å². The molecule has 2 aromatic heterocycles. The van der Waals surface area contributed by atoms with Crippen LogP contribution in [0.2, 0.25) is 0 Å². The molecule has 0 unspecified atom stereocenters. The molecule has 0 bridgehead atoms. The van der Waals surface area contributed by atoms with Crippen molar-refractivity contribution in [2.45, 2.75) is 62.6 Å². The minimum Gasteiger partial charge on any atom is -0.474 e. The van der Waals surface area contributed by atoms with Gasteiger partial charge in [0.1, 0.15) is 6.10 Å². The first-order valence-electron chi connectivity index (χ1n) is 12.8. The normalized spacial score (nSPS) is 15.4. The van der Waals surface area contributed by atoms with Crippen LogP contribution < -0.4 is 14.8 Å². The van der Waals surface area contributed by atoms with Crippen molar-refractivity contribution in [1.82, 2.24) is 24.4 Å². The second-order valence-corrected chi connectivity index (χ2v) is 12.5. The summed E-state index contributed by atoms with van der Waals surface area (Å²) in [7, 11) is -0.308. The molecule has 0 spiro atoms. The standard InChI is InChI=1S/C27H34N6O4S/c1-27(2,17-32(3)4)33-15-13-24(30-33)38(35,36)31-26(34)29-25-21-7-5-6-18(21)8-11-22(25)19-12-14-28-23(16-19)37-20-9-10-20/h8,11-16,20H,5-7,9-10,17H2,1-4H3,(H2,29,31,34). The van der Waals surface area contributed by atoms with Gasteiger partial charge >= 0.3 is 6.03 Å². The Hall–Kier alpha value is -3.44. The number of hydrogen-bond acceptors (Lipinski definition) is 7. The fraction of sp³-hybridized carbons (Fsp3) is 0.444. The van der Waals surface area contributed by atoms with E-state index in [4.69, 9.17) is 4.74 Å². The first-order chi connectivity index (χ1) is 18.0. The number of aryl methyl sites for hydroxylation is 1. The molecular formula is C27H34N6O4S. The number of fused-ring (bicyclic) bond motifs is 1. The number of urea groups is 1. The minimum atomic E-state index is -4.19. The minimum absolute atomic E-state index is 0.211. The van der Waals surface area contributed by atoms with Crippen molar-refractivity contribution < 1.29 is 17.9 Å². The third kappa shape index (κ3) is 5.68. The number of hydrogen-bond donors (Lipinski definition) is 2. The Kier molecular flexibility index (Phi) is 6.91. The molecule has 0 saturated heterocycles. The number of rotatable bonds is 9. The van der Waals surface area contributed by atoms with Crippen LogP contribution in [-0.4, -0.2) is 60.9 Å². The van der Waals surface area contributed by atoms with E-state index in [1.807, 2.05) is 51.0 Å². The highest BCUT2D eigenvalue weighted by Gasteiger charge is 2.28. The summed E-state index contributed by atoms with van der Waals surface area (Å²) in [6, 6.07) is 8.31. The predicted molar refractivity (Wildman–Crippen MR) is 145 cm³/mol. The number of nitrogens with zero attached hydrogens (tertiary/aromatic N) is 4. The Bertz CT molecular complexity index is 1460. The van der Waals surface area contributed by atoms with E-state index >= 15 is 0 Å². The highest BCUT2D eigenvalue weighted by atomic mass is 32.2. The number of carbonyl (C=O) groups excluding carboxylic acids is 1. The molecule has 1 aromatic carbocycles. The van der Waals surface area contributed by atoms with E-state index in [1.54, 1.807) is 17.1 Å². The lowest BCUT2D eigenvalue weighted by atomic mass is 9.98. The van der Waals surface area contributed by atoms with Gasteiger partial charge in [-0.3, -0.25) is 4.68 Å². The smallest absolute Gasteiger partial charge is 0.333 e. The zero-order valence-corrected chi connectivity index (χ0v) is 23.0. The van der Waals surface area contributed by atoms with Crippen LogP contribution in [0.1, 0.15) is 44.2 Å². The molecule has 0 radical (unpaired) electrons. The topological polar surface area (TPSA) is 118 Å². The average molecular weight is 539 g/mol. The first-order valence-corrected chi connectivity index (χ1v) is 14.3. The van der Waals surface area contributed by atoms with Gasteiger partial charge in [-0.2, -0.15) is 13.5 Å². The van der Waals surface area contributed by atoms with Crippen molar-refractivity contribution in [3.8, 4) is 17.0 Å². The van der Waals surface area contributed by atoms with E-state index < -0.39 is 21.6 Å². The summed E-state index contributed by atoms with van der Waals surface area (Å²) < 4.78 is 35.7. The molecule has 202 valence electrons. The number of carbonyl (C=O) groups is 1. The van der Waals surface area contributed by atoms with E-state index in [9.17, 15) is 13.2 Å². The number of anilines is 1. The first kappa shape index (κ1) is 26.2. The van der Waals surface area contributed by atoms with Crippen molar-refractivity contribution in [1.29, 1.82) is 0 Å². The van der Waals surface area contributed by atoms with Crippen LogP contribution in [0.25, 0.3) is 11.1 Å². The summed E-state index contributed by atoms with van der Waals surface area (Å²) >= 11 is 0. The summed E-state index contributed by atoms with van der Waals surface area (Å²) in [6.45, 7) is 4.59. The lowest BCUT2D eigenvalue weighted by molar-refractivity contribution is 0.221. The zero-order valence-electron chi connectivity index (χ0n) is 22.2. The van der Waals surface area contributed by atoms with Crippen LogP contribution in [0.5, 0.6) is 5.88 Å². The lowest BCUT2D eigenvalue weighted by Gasteiger charge is -2.28. The maximum atomic E-state index is 13.1. The van der Waals surface area contributed by atoms with Gasteiger partial charge in [-0.1, -0.05) is 12.1 Å². The van der Waals surface area contributed by atoms with Gasteiger partial charge in [0, 0.05) is 30.6 Å². The molecule has 1 saturated carbocycles. The third-order valence-corrected chi connectivity index (χ3v) is 7.99. The van der Waals surface area contributed by atoms with Crippen molar-refractivity contribution in [3.05, 3.63) is 53.9 Å². The molecule has 2 heterocycles. The quantitative estimate of drug-likeness (QED) is 0.426. The van der Waals surface area contributed by atoms with Crippen molar-refractivity contribution >= 4 is 21.7 Å². The molecule has 2 N–H and O–H groups in total. The number of amides is 2. The second kappa shape index (κ2) is 10.0. The Morgan fingerprint density at radius 1 is 1.18 bits per heavy atom. The molecule has 2 aliphatic carbocycles. The SMILES string of the molecule is CN(C)CC(C)(C)n1ccc(S(=O)(=O)NC(=O)Nc2c(-c3ccnc(OC4CC4)c3)ccc3c2CCC3)n1. The Labute approximate surface area is 223 Å². The number of ether oxygens (including phenoxy) is 1. The van der Waals surface area contributed by atoms with Crippen molar-refractivity contribution in [3.63, 3.8) is 0 Å². The van der Waals surface area contributed by atoms with Gasteiger partial charge in [0.05, 0.1) is 11.2 Å². The summed E-state index contributed by atoms with van der Waals surface area (Å²) in [6.07, 6.45) is 8.24. The molecule has 10 nitrogen and oxygen atoms in total. The van der Waals surface area contributed by atoms with Crippen LogP contribution in [0.3, 0.4) is 0 Å². The zero-order chi connectivity index (χ0) is 27.1. The van der Waals surface area contributed by atoms with E-state index in [-0.39, 0.29) is 11.1 Å². The van der Waals surface area contributed by atoms with Crippen LogP contribution in [0, 0.1) is 0 Å². The van der Waals surface area contributed by atoms with Gasteiger partial charge < -0.3 is 15.0 Å². The van der Waals surface area contributed by atoms with Gasteiger partial charge in [-0.25, -0.2) is 14.5 Å². The van der Waals surface area contributed by atoms with Gasteiger partial charge in [-0.15, -0.1) is 0 Å². The molecule has 38 heavy (non-hydrogen) atoms. The maximum Gasteiger partial charge on any atom is 0.333 e. The molecule has 0 atom stereocenters. The van der Waals surface area contributed by atoms with Crippen LogP contribution in [-0.2, 0) is 28.4 Å². The monoisotopic (exact) mass is 538 g/mol. The lowest BCUT2D eigenvalue weighted by Crippen LogP contribution is -2.38. The Morgan fingerprint density at radius 3 is 2.71 bits per heavy atom. The van der Waals surface area contributed by atoms with Gasteiger partial charge in [0.2, 0.25) is 5.88 Å². The molecule has 11 heteroatoms. The third-order valence-electron chi connectivity index (χ3n) is 6.77. The highest BCUT2D eigenvalue weighted by molar-refractivity contribution is 7.90. The molecule has 5 rings (SSSR count). The average Bonchev–Trinajstić information content (AvgIpc) is 3.30. The summed E-state index contributed by atoms with van der Waals surface area (Å²) in [5.74, 6) is 0.538. The number of likely N-dealkylation sites (N-methyl/N-ethyl adjacent to an activating group) is 1. The van der Waals surface area contributed by atoms with E-state index in [0.717, 1.165) is 54.4 Å². The second-order valence-electron chi connectivity index (χ2n) is 10.9. The highest BCUT2D eigenvalue weighted by Crippen LogP contribution is 2.38. The number of nitrogens with one attached hydrogen (secondary N) is 2. The molecule has 2 amide bonds. The summed E-state index contributed by atoms with van der Waals surface area (Å²) in [5, 5.41) is 6.89. The van der Waals surface area contributed by atoms with E-state index in [1.165, 1.54) is 6.07 Å². The molecule has 1 fully saturated rings. The summed E-state index contributed by atoms with van der Waals surface area (Å²) in [4.78, 5) is 19.4. The predicted octanol–water partition coefficient (Wildman–Crippen LogP) is 3.78. The number of sulfonamides is 1. The van der Waals surface area contributed by atoms with Gasteiger partial charge in [0.15, 0.2) is 5.03 Å². The molecular weight excluding hydrogens is 504 g/mol. The Morgan fingerprint density at radius 2 is 1.97 bits per heavy atom. The van der Waals surface area contributed by atoms with Crippen LogP contribution in [0.4, 0.5) is 10.5 Å². The fourth-order valence-corrected chi connectivity index (χ4v) is 5.83. The van der Waals surface area contributed by atoms with E-state index in [0.29, 0.717) is 18.1 Å². The maximum absolute atomic E-state index is 13.1.